The first-order valence-electron chi connectivity index (χ1n) is 11.6. The Morgan fingerprint density at radius 2 is 1.29 bits per heavy atom. The molecule has 8 heteroatoms. The van der Waals surface area contributed by atoms with Crippen molar-refractivity contribution in [2.45, 2.75) is 6.61 Å². The van der Waals surface area contributed by atoms with Crippen LogP contribution in [0.2, 0.25) is 0 Å². The number of amides is 2. The van der Waals surface area contributed by atoms with Crippen LogP contribution in [0.5, 0.6) is 5.75 Å². The second kappa shape index (κ2) is 11.4. The quantitative estimate of drug-likeness (QED) is 0.123. The van der Waals surface area contributed by atoms with E-state index in [9.17, 15) is 9.59 Å². The van der Waals surface area contributed by atoms with Gasteiger partial charge in [-0.1, -0.05) is 70.5 Å². The largest absolute Gasteiger partial charge is 0.488 e. The Morgan fingerprint density at radius 3 is 1.82 bits per heavy atom. The summed E-state index contributed by atoms with van der Waals surface area (Å²) in [4.78, 5) is 30.1. The van der Waals surface area contributed by atoms with E-state index in [1.54, 1.807) is 30.3 Å². The fourth-order valence-corrected chi connectivity index (χ4v) is 5.12. The lowest BCUT2D eigenvalue weighted by molar-refractivity contribution is -0.120. The van der Waals surface area contributed by atoms with Gasteiger partial charge in [-0.15, -0.1) is 0 Å². The number of hydrogen-bond acceptors (Lipinski definition) is 4. The average Bonchev–Trinajstić information content (AvgIpc) is 2.93. The molecule has 0 bridgehead atoms. The van der Waals surface area contributed by atoms with E-state index in [-0.39, 0.29) is 10.7 Å². The van der Waals surface area contributed by atoms with Crippen LogP contribution in [0, 0.1) is 0 Å². The SMILES string of the molecule is O=C1C(=Cc2ccc(OCc3ccc(Br)cc3)c(Br)c2)C(=O)N(c2ccccc2)C(=S)N1c1ccccc1. The first-order chi connectivity index (χ1) is 18.4. The van der Waals surface area contributed by atoms with E-state index in [0.717, 1.165) is 10.0 Å². The maximum Gasteiger partial charge on any atom is 0.270 e. The number of nitrogens with zero attached hydrogens (tertiary/aromatic N) is 2. The number of halogens is 2. The molecule has 0 radical (unpaired) electrons. The molecular formula is C30H20Br2N2O3S. The minimum absolute atomic E-state index is 0.00161. The maximum absolute atomic E-state index is 13.6. The molecular weight excluding hydrogens is 628 g/mol. The van der Waals surface area contributed by atoms with Crippen molar-refractivity contribution in [3.63, 3.8) is 0 Å². The molecule has 1 fully saturated rings. The minimum Gasteiger partial charge on any atom is -0.488 e. The molecule has 4 aromatic carbocycles. The van der Waals surface area contributed by atoms with E-state index in [1.165, 1.54) is 9.80 Å². The molecule has 1 heterocycles. The topological polar surface area (TPSA) is 49.9 Å². The molecule has 0 aliphatic carbocycles. The van der Waals surface area contributed by atoms with Gasteiger partial charge in [-0.2, -0.15) is 0 Å². The second-order valence-electron chi connectivity index (χ2n) is 8.40. The lowest BCUT2D eigenvalue weighted by atomic mass is 10.0. The third kappa shape index (κ3) is 5.48. The summed E-state index contributed by atoms with van der Waals surface area (Å²) in [6.45, 7) is 0.402. The molecule has 0 atom stereocenters. The van der Waals surface area contributed by atoms with Crippen LogP contribution in [0.3, 0.4) is 0 Å². The van der Waals surface area contributed by atoms with Crippen LogP contribution in [-0.4, -0.2) is 16.9 Å². The zero-order valence-corrected chi connectivity index (χ0v) is 23.9. The molecule has 0 aromatic heterocycles. The van der Waals surface area contributed by atoms with Crippen molar-refractivity contribution in [1.82, 2.24) is 0 Å². The summed E-state index contributed by atoms with van der Waals surface area (Å²) in [7, 11) is 0. The minimum atomic E-state index is -0.481. The molecule has 2 amide bonds. The number of carbonyl (C=O) groups excluding carboxylic acids is 2. The van der Waals surface area contributed by atoms with Crippen LogP contribution >= 0.6 is 44.1 Å². The fraction of sp³-hybridized carbons (Fsp3) is 0.0333. The summed E-state index contributed by atoms with van der Waals surface area (Å²) in [6, 6.07) is 31.5. The van der Waals surface area contributed by atoms with Gasteiger partial charge in [0.05, 0.1) is 15.8 Å². The third-order valence-corrected chi connectivity index (χ3v) is 7.37. The van der Waals surface area contributed by atoms with Crippen molar-refractivity contribution in [1.29, 1.82) is 0 Å². The van der Waals surface area contributed by atoms with Crippen molar-refractivity contribution in [3.8, 4) is 5.75 Å². The highest BCUT2D eigenvalue weighted by Crippen LogP contribution is 2.32. The first kappa shape index (κ1) is 26.0. The highest BCUT2D eigenvalue weighted by atomic mass is 79.9. The molecule has 1 aliphatic rings. The predicted octanol–water partition coefficient (Wildman–Crippen LogP) is 7.54. The van der Waals surface area contributed by atoms with Crippen molar-refractivity contribution >= 4 is 78.5 Å². The summed E-state index contributed by atoms with van der Waals surface area (Å²) in [5.74, 6) is -0.315. The summed E-state index contributed by atoms with van der Waals surface area (Å²) in [5.41, 5.74) is 2.86. The zero-order chi connectivity index (χ0) is 26.6. The van der Waals surface area contributed by atoms with Crippen LogP contribution in [0.1, 0.15) is 11.1 Å². The Kier molecular flexibility index (Phi) is 7.83. The van der Waals surface area contributed by atoms with Gasteiger partial charge in [0.1, 0.15) is 17.9 Å². The monoisotopic (exact) mass is 646 g/mol. The lowest BCUT2D eigenvalue weighted by Gasteiger charge is -2.36. The number of carbonyl (C=O) groups is 2. The Morgan fingerprint density at radius 1 is 0.737 bits per heavy atom. The molecule has 38 heavy (non-hydrogen) atoms. The van der Waals surface area contributed by atoms with Crippen molar-refractivity contribution < 1.29 is 14.3 Å². The van der Waals surface area contributed by atoms with Crippen LogP contribution in [0.25, 0.3) is 6.08 Å². The molecule has 0 N–H and O–H groups in total. The number of ether oxygens (including phenoxy) is 1. The smallest absolute Gasteiger partial charge is 0.270 e. The Bertz CT molecular complexity index is 1480. The van der Waals surface area contributed by atoms with Gasteiger partial charge in [0.2, 0.25) is 0 Å². The Hall–Kier alpha value is -3.59. The van der Waals surface area contributed by atoms with E-state index < -0.39 is 11.8 Å². The molecule has 1 saturated heterocycles. The number of hydrogen-bond donors (Lipinski definition) is 0. The lowest BCUT2D eigenvalue weighted by Crippen LogP contribution is -2.56. The molecule has 5 rings (SSSR count). The molecule has 1 aliphatic heterocycles. The molecule has 5 nitrogen and oxygen atoms in total. The van der Waals surface area contributed by atoms with Gasteiger partial charge in [0.15, 0.2) is 5.11 Å². The number of para-hydroxylation sites is 2. The highest BCUT2D eigenvalue weighted by molar-refractivity contribution is 9.10. The fourth-order valence-electron chi connectivity index (χ4n) is 3.97. The summed E-state index contributed by atoms with van der Waals surface area (Å²) in [6.07, 6.45) is 1.58. The summed E-state index contributed by atoms with van der Waals surface area (Å²) >= 11 is 12.6. The Balaban J connectivity index is 1.47. The third-order valence-electron chi connectivity index (χ3n) is 5.85. The van der Waals surface area contributed by atoms with E-state index in [1.807, 2.05) is 78.9 Å². The number of thiocarbonyl (C=S) groups is 1. The van der Waals surface area contributed by atoms with E-state index >= 15 is 0 Å². The average molecular weight is 648 g/mol. The second-order valence-corrected chi connectivity index (χ2v) is 10.5. The van der Waals surface area contributed by atoms with Crippen molar-refractivity contribution in [2.24, 2.45) is 0 Å². The Labute approximate surface area is 242 Å². The van der Waals surface area contributed by atoms with Gasteiger partial charge >= 0.3 is 0 Å². The first-order valence-corrected chi connectivity index (χ1v) is 13.6. The summed E-state index contributed by atoms with van der Waals surface area (Å²) < 4.78 is 7.67. The van der Waals surface area contributed by atoms with Gasteiger partial charge in [0.25, 0.3) is 11.8 Å². The molecule has 188 valence electrons. The number of benzene rings is 4. The molecule has 4 aromatic rings. The number of rotatable bonds is 6. The van der Waals surface area contributed by atoms with Crippen LogP contribution < -0.4 is 14.5 Å². The van der Waals surface area contributed by atoms with Crippen molar-refractivity contribution in [3.05, 3.63) is 129 Å². The van der Waals surface area contributed by atoms with Gasteiger partial charge in [-0.05, 0) is 93.9 Å². The van der Waals surface area contributed by atoms with Gasteiger partial charge < -0.3 is 4.74 Å². The number of anilines is 2. The van der Waals surface area contributed by atoms with Gasteiger partial charge in [-0.3, -0.25) is 19.4 Å². The summed E-state index contributed by atoms with van der Waals surface area (Å²) in [5, 5.41) is 0.104. The standard InChI is InChI=1S/C30H20Br2N2O3S/c31-22-14-11-20(12-15-22)19-37-27-16-13-21(18-26(27)32)17-25-28(35)33(23-7-3-1-4-8-23)30(38)34(29(25)36)24-9-5-2-6-10-24/h1-18H,19H2. The normalized spacial score (nSPS) is 13.6. The van der Waals surface area contributed by atoms with Crippen LogP contribution in [0.15, 0.2) is 118 Å². The molecule has 0 unspecified atom stereocenters. The molecule has 0 spiro atoms. The van der Waals surface area contributed by atoms with Gasteiger partial charge in [0, 0.05) is 4.47 Å². The highest BCUT2D eigenvalue weighted by Gasteiger charge is 2.41. The van der Waals surface area contributed by atoms with Crippen LogP contribution in [0.4, 0.5) is 11.4 Å². The van der Waals surface area contributed by atoms with Crippen molar-refractivity contribution in [2.75, 3.05) is 9.80 Å². The van der Waals surface area contributed by atoms with Gasteiger partial charge in [-0.25, -0.2) is 0 Å². The van der Waals surface area contributed by atoms with E-state index in [4.69, 9.17) is 17.0 Å². The van der Waals surface area contributed by atoms with Crippen LogP contribution in [-0.2, 0) is 16.2 Å². The predicted molar refractivity (Wildman–Crippen MR) is 161 cm³/mol. The zero-order valence-electron chi connectivity index (χ0n) is 19.9. The molecule has 0 saturated carbocycles. The van der Waals surface area contributed by atoms with E-state index in [0.29, 0.717) is 33.8 Å². The maximum atomic E-state index is 13.6. The van der Waals surface area contributed by atoms with E-state index in [2.05, 4.69) is 31.9 Å².